The topological polar surface area (TPSA) is 50.4 Å². The van der Waals surface area contributed by atoms with Crippen LogP contribution in [0.3, 0.4) is 0 Å². The van der Waals surface area contributed by atoms with Crippen LogP contribution in [0, 0.1) is 0 Å². The standard InChI is InChI=1S/C13H26N2O2S/c1-4-18-12-7-5-6-11(12)15-10(2)13(16)14-8-9-17-3/h10-12,15H,4-9H2,1-3H3,(H,14,16). The number of amides is 1. The number of hydrogen-bond acceptors (Lipinski definition) is 4. The molecule has 2 N–H and O–H groups in total. The summed E-state index contributed by atoms with van der Waals surface area (Å²) < 4.78 is 4.92. The van der Waals surface area contributed by atoms with Crippen molar-refractivity contribution in [3.8, 4) is 0 Å². The first-order valence-corrected chi connectivity index (χ1v) is 7.88. The van der Waals surface area contributed by atoms with Gasteiger partial charge in [-0.25, -0.2) is 0 Å². The van der Waals surface area contributed by atoms with E-state index in [4.69, 9.17) is 4.74 Å². The minimum absolute atomic E-state index is 0.0687. The van der Waals surface area contributed by atoms with E-state index in [1.54, 1.807) is 7.11 Å². The van der Waals surface area contributed by atoms with E-state index in [2.05, 4.69) is 17.6 Å². The highest BCUT2D eigenvalue weighted by Gasteiger charge is 2.29. The highest BCUT2D eigenvalue weighted by atomic mass is 32.2. The minimum atomic E-state index is -0.120. The van der Waals surface area contributed by atoms with Crippen LogP contribution in [0.25, 0.3) is 0 Å². The zero-order chi connectivity index (χ0) is 13.4. The summed E-state index contributed by atoms with van der Waals surface area (Å²) in [5.41, 5.74) is 0. The lowest BCUT2D eigenvalue weighted by molar-refractivity contribution is -0.123. The fraction of sp³-hybridized carbons (Fsp3) is 0.923. The van der Waals surface area contributed by atoms with E-state index >= 15 is 0 Å². The van der Waals surface area contributed by atoms with Crippen LogP contribution in [0.1, 0.15) is 33.1 Å². The Morgan fingerprint density at radius 3 is 2.94 bits per heavy atom. The molecule has 0 aliphatic heterocycles. The third-order valence-corrected chi connectivity index (χ3v) is 4.62. The monoisotopic (exact) mass is 274 g/mol. The highest BCUT2D eigenvalue weighted by molar-refractivity contribution is 7.99. The second kappa shape index (κ2) is 8.77. The Morgan fingerprint density at radius 1 is 1.50 bits per heavy atom. The lowest BCUT2D eigenvalue weighted by Crippen LogP contribution is -2.48. The molecule has 1 rings (SSSR count). The van der Waals surface area contributed by atoms with Crippen LogP contribution in [0.4, 0.5) is 0 Å². The molecule has 106 valence electrons. The number of ether oxygens (including phenoxy) is 1. The van der Waals surface area contributed by atoms with Gasteiger partial charge in [-0.05, 0) is 25.5 Å². The third kappa shape index (κ3) is 5.16. The van der Waals surface area contributed by atoms with Crippen molar-refractivity contribution in [1.82, 2.24) is 10.6 Å². The van der Waals surface area contributed by atoms with Gasteiger partial charge in [0, 0.05) is 24.9 Å². The second-order valence-corrected chi connectivity index (χ2v) is 6.22. The fourth-order valence-corrected chi connectivity index (χ4v) is 3.56. The van der Waals surface area contributed by atoms with Gasteiger partial charge in [-0.1, -0.05) is 13.3 Å². The maximum atomic E-state index is 11.8. The molecule has 1 fully saturated rings. The summed E-state index contributed by atoms with van der Waals surface area (Å²) in [6.07, 6.45) is 3.73. The molecule has 0 aromatic heterocycles. The smallest absolute Gasteiger partial charge is 0.236 e. The van der Waals surface area contributed by atoms with E-state index < -0.39 is 0 Å². The maximum Gasteiger partial charge on any atom is 0.236 e. The van der Waals surface area contributed by atoms with Gasteiger partial charge >= 0.3 is 0 Å². The third-order valence-electron chi connectivity index (χ3n) is 3.30. The molecule has 0 heterocycles. The van der Waals surface area contributed by atoms with Crippen molar-refractivity contribution in [3.05, 3.63) is 0 Å². The van der Waals surface area contributed by atoms with Crippen molar-refractivity contribution >= 4 is 17.7 Å². The number of methoxy groups -OCH3 is 1. The fourth-order valence-electron chi connectivity index (χ4n) is 2.36. The first-order chi connectivity index (χ1) is 8.69. The van der Waals surface area contributed by atoms with E-state index in [-0.39, 0.29) is 11.9 Å². The van der Waals surface area contributed by atoms with E-state index in [9.17, 15) is 4.79 Å². The second-order valence-electron chi connectivity index (χ2n) is 4.70. The van der Waals surface area contributed by atoms with Crippen LogP contribution < -0.4 is 10.6 Å². The molecule has 0 spiro atoms. The largest absolute Gasteiger partial charge is 0.383 e. The van der Waals surface area contributed by atoms with Crippen LogP contribution in [-0.2, 0) is 9.53 Å². The maximum absolute atomic E-state index is 11.8. The Morgan fingerprint density at radius 2 is 2.28 bits per heavy atom. The Labute approximate surface area is 115 Å². The predicted octanol–water partition coefficient (Wildman–Crippen LogP) is 1.40. The molecular formula is C13H26N2O2S. The minimum Gasteiger partial charge on any atom is -0.383 e. The number of nitrogens with one attached hydrogen (secondary N) is 2. The van der Waals surface area contributed by atoms with Crippen LogP contribution in [0.2, 0.25) is 0 Å². The molecule has 1 saturated carbocycles. The molecule has 0 saturated heterocycles. The summed E-state index contributed by atoms with van der Waals surface area (Å²) in [5.74, 6) is 1.22. The number of thioether (sulfide) groups is 1. The van der Waals surface area contributed by atoms with Crippen molar-refractivity contribution in [2.45, 2.75) is 50.4 Å². The number of carbonyl (C=O) groups excluding carboxylic acids is 1. The molecule has 4 nitrogen and oxygen atoms in total. The van der Waals surface area contributed by atoms with Crippen molar-refractivity contribution in [2.24, 2.45) is 0 Å². The summed E-state index contributed by atoms with van der Waals surface area (Å²) in [6, 6.07) is 0.364. The van der Waals surface area contributed by atoms with Gasteiger partial charge in [0.2, 0.25) is 5.91 Å². The van der Waals surface area contributed by atoms with Gasteiger partial charge in [0.25, 0.3) is 0 Å². The predicted molar refractivity (Wildman–Crippen MR) is 77.0 cm³/mol. The molecule has 0 aromatic carbocycles. The van der Waals surface area contributed by atoms with Crippen LogP contribution in [0.5, 0.6) is 0 Å². The average molecular weight is 274 g/mol. The molecule has 0 aromatic rings. The Hall–Kier alpha value is -0.260. The zero-order valence-corrected chi connectivity index (χ0v) is 12.5. The normalized spacial score (nSPS) is 25.1. The number of rotatable bonds is 8. The molecule has 5 heteroatoms. The van der Waals surface area contributed by atoms with Crippen molar-refractivity contribution in [1.29, 1.82) is 0 Å². The summed E-state index contributed by atoms with van der Waals surface area (Å²) in [6.45, 7) is 5.28. The molecule has 0 radical (unpaired) electrons. The number of hydrogen-bond donors (Lipinski definition) is 2. The van der Waals surface area contributed by atoms with Crippen molar-refractivity contribution in [3.63, 3.8) is 0 Å². The van der Waals surface area contributed by atoms with Crippen molar-refractivity contribution < 1.29 is 9.53 Å². The Kier molecular flexibility index (Phi) is 7.70. The molecule has 3 unspecified atom stereocenters. The van der Waals surface area contributed by atoms with Gasteiger partial charge in [-0.2, -0.15) is 11.8 Å². The zero-order valence-electron chi connectivity index (χ0n) is 11.7. The van der Waals surface area contributed by atoms with E-state index in [0.29, 0.717) is 24.4 Å². The first kappa shape index (κ1) is 15.8. The average Bonchev–Trinajstić information content (AvgIpc) is 2.77. The Bertz CT molecular complexity index is 251. The van der Waals surface area contributed by atoms with Gasteiger partial charge in [0.1, 0.15) is 0 Å². The molecule has 1 amide bonds. The molecule has 1 aliphatic rings. The SMILES string of the molecule is CCSC1CCCC1NC(C)C(=O)NCCOC. The highest BCUT2D eigenvalue weighted by Crippen LogP contribution is 2.30. The summed E-state index contributed by atoms with van der Waals surface area (Å²) in [7, 11) is 1.64. The summed E-state index contributed by atoms with van der Waals surface area (Å²) in [5, 5.41) is 7.01. The molecule has 18 heavy (non-hydrogen) atoms. The van der Waals surface area contributed by atoms with Crippen LogP contribution in [0.15, 0.2) is 0 Å². The number of carbonyl (C=O) groups is 1. The van der Waals surface area contributed by atoms with E-state index in [1.165, 1.54) is 19.3 Å². The van der Waals surface area contributed by atoms with Crippen LogP contribution in [-0.4, -0.2) is 49.3 Å². The summed E-state index contributed by atoms with van der Waals surface area (Å²) in [4.78, 5) is 11.8. The van der Waals surface area contributed by atoms with Gasteiger partial charge in [-0.3, -0.25) is 4.79 Å². The van der Waals surface area contributed by atoms with Gasteiger partial charge in [0.15, 0.2) is 0 Å². The quantitative estimate of drug-likeness (QED) is 0.657. The first-order valence-electron chi connectivity index (χ1n) is 6.83. The lowest BCUT2D eigenvalue weighted by Gasteiger charge is -2.24. The van der Waals surface area contributed by atoms with Crippen molar-refractivity contribution in [2.75, 3.05) is 26.0 Å². The lowest BCUT2D eigenvalue weighted by atomic mass is 10.2. The molecular weight excluding hydrogens is 248 g/mol. The molecule has 3 atom stereocenters. The Balaban J connectivity index is 2.29. The van der Waals surface area contributed by atoms with Gasteiger partial charge < -0.3 is 15.4 Å². The van der Waals surface area contributed by atoms with Gasteiger partial charge in [-0.15, -0.1) is 0 Å². The van der Waals surface area contributed by atoms with E-state index in [0.717, 1.165) is 5.75 Å². The van der Waals surface area contributed by atoms with E-state index in [1.807, 2.05) is 18.7 Å². The van der Waals surface area contributed by atoms with Gasteiger partial charge in [0.05, 0.1) is 12.6 Å². The molecule has 0 bridgehead atoms. The molecule has 1 aliphatic carbocycles. The summed E-state index contributed by atoms with van der Waals surface area (Å²) >= 11 is 2.01. The van der Waals surface area contributed by atoms with Crippen LogP contribution >= 0.6 is 11.8 Å².